The summed E-state index contributed by atoms with van der Waals surface area (Å²) in [6.45, 7) is 0. The second-order valence-electron chi connectivity index (χ2n) is 3.76. The molecule has 7 heteroatoms. The Bertz CT molecular complexity index is 740. The molecule has 0 saturated carbocycles. The molecule has 0 fully saturated rings. The van der Waals surface area contributed by atoms with Crippen molar-refractivity contribution in [1.82, 2.24) is 19.6 Å². The molecule has 1 N–H and O–H groups in total. The van der Waals surface area contributed by atoms with E-state index in [-0.39, 0.29) is 11.9 Å². The van der Waals surface area contributed by atoms with Crippen molar-refractivity contribution in [3.05, 3.63) is 52.9 Å². The third-order valence-electron chi connectivity index (χ3n) is 2.46. The summed E-state index contributed by atoms with van der Waals surface area (Å²) in [6, 6.07) is 7.06. The summed E-state index contributed by atoms with van der Waals surface area (Å²) in [5, 5.41) is 6.79. The highest BCUT2D eigenvalue weighted by molar-refractivity contribution is 9.10. The molecule has 1 amide bonds. The number of rotatable bonds is 2. The molecular weight excluding hydrogens is 310 g/mol. The Morgan fingerprint density at radius 2 is 2.21 bits per heavy atom. The van der Waals surface area contributed by atoms with Crippen molar-refractivity contribution in [3.63, 3.8) is 0 Å². The van der Waals surface area contributed by atoms with E-state index in [0.717, 1.165) is 4.47 Å². The lowest BCUT2D eigenvalue weighted by atomic mass is 10.3. The van der Waals surface area contributed by atoms with Gasteiger partial charge in [0.25, 0.3) is 5.91 Å². The Morgan fingerprint density at radius 3 is 2.95 bits per heavy atom. The average Bonchev–Trinajstić information content (AvgIpc) is 2.84. The van der Waals surface area contributed by atoms with Crippen LogP contribution in [-0.2, 0) is 0 Å². The minimum atomic E-state index is -0.292. The number of halogens is 1. The first-order valence-electron chi connectivity index (χ1n) is 5.46. The van der Waals surface area contributed by atoms with Crippen LogP contribution in [0.15, 0.2) is 47.3 Å². The normalized spacial score (nSPS) is 10.6. The van der Waals surface area contributed by atoms with Crippen molar-refractivity contribution in [1.29, 1.82) is 0 Å². The summed E-state index contributed by atoms with van der Waals surface area (Å²) < 4.78 is 2.40. The predicted molar refractivity (Wildman–Crippen MR) is 72.9 cm³/mol. The monoisotopic (exact) mass is 317 g/mol. The largest absolute Gasteiger partial charge is 0.289 e. The van der Waals surface area contributed by atoms with Crippen molar-refractivity contribution in [2.75, 3.05) is 5.32 Å². The molecule has 3 aromatic heterocycles. The maximum Gasteiger partial charge on any atom is 0.259 e. The number of hydrogen-bond donors (Lipinski definition) is 1. The fourth-order valence-electron chi connectivity index (χ4n) is 1.60. The smallest absolute Gasteiger partial charge is 0.259 e. The molecule has 0 aromatic carbocycles. The van der Waals surface area contributed by atoms with Crippen molar-refractivity contribution in [2.45, 2.75) is 0 Å². The second kappa shape index (κ2) is 4.77. The molecule has 3 rings (SSSR count). The van der Waals surface area contributed by atoms with E-state index in [1.807, 2.05) is 12.1 Å². The second-order valence-corrected chi connectivity index (χ2v) is 4.61. The maximum atomic E-state index is 11.9. The minimum absolute atomic E-state index is 0.251. The molecule has 3 aromatic rings. The number of pyridine rings is 2. The fourth-order valence-corrected chi connectivity index (χ4v) is 2.02. The number of nitrogens with one attached hydrogen (secondary N) is 1. The fraction of sp³-hybridized carbons (Fsp3) is 0. The van der Waals surface area contributed by atoms with Crippen LogP contribution in [0.3, 0.4) is 0 Å². The minimum Gasteiger partial charge on any atom is -0.289 e. The first-order chi connectivity index (χ1) is 9.24. The third kappa shape index (κ3) is 2.32. The van der Waals surface area contributed by atoms with E-state index in [2.05, 4.69) is 36.3 Å². The molecule has 6 nitrogen and oxygen atoms in total. The molecule has 0 spiro atoms. The van der Waals surface area contributed by atoms with Crippen LogP contribution in [0.5, 0.6) is 0 Å². The van der Waals surface area contributed by atoms with Gasteiger partial charge in [-0.1, -0.05) is 0 Å². The van der Waals surface area contributed by atoms with Gasteiger partial charge in [0, 0.05) is 18.6 Å². The molecule has 94 valence electrons. The lowest BCUT2D eigenvalue weighted by Crippen LogP contribution is -2.13. The van der Waals surface area contributed by atoms with Gasteiger partial charge in [-0.2, -0.15) is 4.98 Å². The van der Waals surface area contributed by atoms with Gasteiger partial charge in [-0.05, 0) is 40.2 Å². The Morgan fingerprint density at radius 1 is 1.32 bits per heavy atom. The molecule has 0 unspecified atom stereocenters. The first kappa shape index (κ1) is 11.8. The van der Waals surface area contributed by atoms with Crippen LogP contribution in [0.2, 0.25) is 0 Å². The number of fused-ring (bicyclic) bond motifs is 1. The Kier molecular flexibility index (Phi) is 2.96. The van der Waals surface area contributed by atoms with Crippen molar-refractivity contribution in [2.24, 2.45) is 0 Å². The molecule has 0 saturated heterocycles. The van der Waals surface area contributed by atoms with E-state index >= 15 is 0 Å². The Labute approximate surface area is 116 Å². The van der Waals surface area contributed by atoms with E-state index in [4.69, 9.17) is 0 Å². The Hall–Kier alpha value is -2.28. The van der Waals surface area contributed by atoms with Gasteiger partial charge in [-0.15, -0.1) is 5.10 Å². The standard InChI is InChI=1S/C12H8BrN5O/c13-9-4-2-6-18-10(9)15-12(17-18)16-11(19)8-3-1-5-14-7-8/h1-7H,(H,16,17,19). The van der Waals surface area contributed by atoms with Crippen molar-refractivity contribution in [3.8, 4) is 0 Å². The van der Waals surface area contributed by atoms with Gasteiger partial charge in [0.1, 0.15) is 0 Å². The lowest BCUT2D eigenvalue weighted by Gasteiger charge is -1.98. The zero-order chi connectivity index (χ0) is 13.2. The van der Waals surface area contributed by atoms with Gasteiger partial charge >= 0.3 is 0 Å². The first-order valence-corrected chi connectivity index (χ1v) is 6.25. The van der Waals surface area contributed by atoms with E-state index in [0.29, 0.717) is 11.2 Å². The molecular formula is C12H8BrN5O. The molecule has 0 bridgehead atoms. The zero-order valence-electron chi connectivity index (χ0n) is 9.62. The highest BCUT2D eigenvalue weighted by Gasteiger charge is 2.11. The van der Waals surface area contributed by atoms with Crippen molar-refractivity contribution < 1.29 is 4.79 Å². The molecule has 0 atom stereocenters. The number of carbonyl (C=O) groups is 1. The summed E-state index contributed by atoms with van der Waals surface area (Å²) >= 11 is 3.38. The van der Waals surface area contributed by atoms with Crippen LogP contribution in [0.4, 0.5) is 5.95 Å². The van der Waals surface area contributed by atoms with Gasteiger partial charge in [-0.3, -0.25) is 15.1 Å². The summed E-state index contributed by atoms with van der Waals surface area (Å²) in [6.07, 6.45) is 4.85. The topological polar surface area (TPSA) is 72.2 Å². The zero-order valence-corrected chi connectivity index (χ0v) is 11.2. The summed E-state index contributed by atoms with van der Waals surface area (Å²) in [5.74, 6) is -0.0409. The summed E-state index contributed by atoms with van der Waals surface area (Å²) in [7, 11) is 0. The maximum absolute atomic E-state index is 11.9. The number of aromatic nitrogens is 4. The van der Waals surface area contributed by atoms with Crippen LogP contribution < -0.4 is 5.32 Å². The van der Waals surface area contributed by atoms with Gasteiger partial charge < -0.3 is 0 Å². The van der Waals surface area contributed by atoms with E-state index < -0.39 is 0 Å². The van der Waals surface area contributed by atoms with E-state index in [1.165, 1.54) is 6.20 Å². The van der Waals surface area contributed by atoms with Crippen molar-refractivity contribution >= 4 is 33.4 Å². The SMILES string of the molecule is O=C(Nc1nc2c(Br)cccn2n1)c1cccnc1. The molecule has 0 aliphatic heterocycles. The molecule has 19 heavy (non-hydrogen) atoms. The van der Waals surface area contributed by atoms with Crippen LogP contribution in [-0.4, -0.2) is 25.5 Å². The van der Waals surface area contributed by atoms with Gasteiger partial charge in [0.05, 0.1) is 10.0 Å². The van der Waals surface area contributed by atoms with Gasteiger partial charge in [0.2, 0.25) is 5.95 Å². The molecule has 0 aliphatic carbocycles. The summed E-state index contributed by atoms with van der Waals surface area (Å²) in [4.78, 5) is 20.0. The van der Waals surface area contributed by atoms with Crippen LogP contribution in [0.25, 0.3) is 5.65 Å². The molecule has 3 heterocycles. The van der Waals surface area contributed by atoms with Gasteiger partial charge in [-0.25, -0.2) is 4.52 Å². The number of nitrogens with zero attached hydrogens (tertiary/aromatic N) is 4. The number of anilines is 1. The summed E-state index contributed by atoms with van der Waals surface area (Å²) in [5.41, 5.74) is 1.10. The molecule has 0 radical (unpaired) electrons. The number of amides is 1. The van der Waals surface area contributed by atoms with Crippen LogP contribution in [0, 0.1) is 0 Å². The quantitative estimate of drug-likeness (QED) is 0.786. The van der Waals surface area contributed by atoms with Crippen LogP contribution >= 0.6 is 15.9 Å². The lowest BCUT2D eigenvalue weighted by molar-refractivity contribution is 0.102. The van der Waals surface area contributed by atoms with E-state index in [9.17, 15) is 4.79 Å². The third-order valence-corrected chi connectivity index (χ3v) is 3.08. The highest BCUT2D eigenvalue weighted by atomic mass is 79.9. The Balaban J connectivity index is 1.90. The highest BCUT2D eigenvalue weighted by Crippen LogP contribution is 2.17. The molecule has 0 aliphatic rings. The number of carbonyl (C=O) groups excluding carboxylic acids is 1. The average molecular weight is 318 g/mol. The van der Waals surface area contributed by atoms with E-state index in [1.54, 1.807) is 29.0 Å². The van der Waals surface area contributed by atoms with Gasteiger partial charge in [0.15, 0.2) is 5.65 Å². The number of hydrogen-bond acceptors (Lipinski definition) is 4. The van der Waals surface area contributed by atoms with Crippen LogP contribution in [0.1, 0.15) is 10.4 Å². The predicted octanol–water partition coefficient (Wildman–Crippen LogP) is 2.14.